The quantitative estimate of drug-likeness (QED) is 0.692. The highest BCUT2D eigenvalue weighted by molar-refractivity contribution is 9.10. The molecule has 2 rings (SSSR count). The van der Waals surface area contributed by atoms with Crippen LogP contribution in [0, 0.1) is 11.6 Å². The molecule has 0 fully saturated rings. The van der Waals surface area contributed by atoms with Gasteiger partial charge >= 0.3 is 0 Å². The zero-order valence-electron chi connectivity index (χ0n) is 7.98. The van der Waals surface area contributed by atoms with E-state index in [4.69, 9.17) is 11.6 Å². The van der Waals surface area contributed by atoms with Crippen LogP contribution in [0.1, 0.15) is 0 Å². The van der Waals surface area contributed by atoms with Crippen molar-refractivity contribution in [3.63, 3.8) is 0 Å². The predicted molar refractivity (Wildman–Crippen MR) is 64.5 cm³/mol. The number of hydrogen-bond acceptors (Lipinski definition) is 0. The molecular weight excluding hydrogens is 297 g/mol. The van der Waals surface area contributed by atoms with Gasteiger partial charge in [0.2, 0.25) is 0 Å². The van der Waals surface area contributed by atoms with Crippen molar-refractivity contribution in [3.05, 3.63) is 57.5 Å². The standard InChI is InChI=1S/C12H6BrClF2/c13-8-3-1-7(2-4-8)12-10(15)5-9(14)6-11(12)16/h1-6H. The summed E-state index contributed by atoms with van der Waals surface area (Å²) in [4.78, 5) is 0. The number of hydrogen-bond donors (Lipinski definition) is 0. The monoisotopic (exact) mass is 302 g/mol. The van der Waals surface area contributed by atoms with Gasteiger partial charge in [0.1, 0.15) is 11.6 Å². The molecule has 0 aromatic heterocycles. The summed E-state index contributed by atoms with van der Waals surface area (Å²) >= 11 is 8.81. The molecule has 0 aliphatic heterocycles. The smallest absolute Gasteiger partial charge is 0.135 e. The lowest BCUT2D eigenvalue weighted by atomic mass is 10.0. The van der Waals surface area contributed by atoms with Crippen LogP contribution < -0.4 is 0 Å². The third-order valence-corrected chi connectivity index (χ3v) is 2.89. The van der Waals surface area contributed by atoms with Crippen LogP contribution in [-0.2, 0) is 0 Å². The highest BCUT2D eigenvalue weighted by Crippen LogP contribution is 2.29. The SMILES string of the molecule is Fc1cc(Cl)cc(F)c1-c1ccc(Br)cc1. The topological polar surface area (TPSA) is 0 Å². The summed E-state index contributed by atoms with van der Waals surface area (Å²) in [6.07, 6.45) is 0. The Morgan fingerprint density at radius 1 is 0.938 bits per heavy atom. The van der Waals surface area contributed by atoms with Crippen LogP contribution >= 0.6 is 27.5 Å². The van der Waals surface area contributed by atoms with Crippen molar-refractivity contribution in [2.45, 2.75) is 0 Å². The molecule has 0 bridgehead atoms. The summed E-state index contributed by atoms with van der Waals surface area (Å²) in [6, 6.07) is 8.93. The lowest BCUT2D eigenvalue weighted by molar-refractivity contribution is 0.590. The van der Waals surface area contributed by atoms with Gasteiger partial charge in [0.05, 0.1) is 5.56 Å². The highest BCUT2D eigenvalue weighted by Gasteiger charge is 2.12. The van der Waals surface area contributed by atoms with Crippen LogP contribution in [0.4, 0.5) is 8.78 Å². The fourth-order valence-corrected chi connectivity index (χ4v) is 1.89. The van der Waals surface area contributed by atoms with E-state index in [1.807, 2.05) is 0 Å². The summed E-state index contributed by atoms with van der Waals surface area (Å²) in [5, 5.41) is 0.0517. The molecule has 2 aromatic rings. The van der Waals surface area contributed by atoms with E-state index in [2.05, 4.69) is 15.9 Å². The molecule has 0 atom stereocenters. The van der Waals surface area contributed by atoms with Gasteiger partial charge in [-0.1, -0.05) is 39.7 Å². The van der Waals surface area contributed by atoms with Crippen LogP contribution in [0.3, 0.4) is 0 Å². The Balaban J connectivity index is 2.60. The summed E-state index contributed by atoms with van der Waals surface area (Å²) in [5.41, 5.74) is 0.423. The molecule has 0 aliphatic carbocycles. The molecule has 0 amide bonds. The van der Waals surface area contributed by atoms with E-state index in [1.165, 1.54) is 0 Å². The van der Waals surface area contributed by atoms with Gasteiger partial charge in [0, 0.05) is 9.50 Å². The zero-order chi connectivity index (χ0) is 11.7. The van der Waals surface area contributed by atoms with Gasteiger partial charge in [0.25, 0.3) is 0 Å². The van der Waals surface area contributed by atoms with E-state index in [1.54, 1.807) is 24.3 Å². The Bertz CT molecular complexity index is 500. The van der Waals surface area contributed by atoms with Crippen molar-refractivity contribution < 1.29 is 8.78 Å². The normalized spacial score (nSPS) is 10.5. The van der Waals surface area contributed by atoms with E-state index in [-0.39, 0.29) is 10.6 Å². The predicted octanol–water partition coefficient (Wildman–Crippen LogP) is 5.05. The third-order valence-electron chi connectivity index (χ3n) is 2.14. The van der Waals surface area contributed by atoms with Gasteiger partial charge in [-0.2, -0.15) is 0 Å². The van der Waals surface area contributed by atoms with Crippen LogP contribution in [0.15, 0.2) is 40.9 Å². The second-order valence-corrected chi connectivity index (χ2v) is 4.60. The maximum Gasteiger partial charge on any atom is 0.135 e. The van der Waals surface area contributed by atoms with Crippen molar-refractivity contribution in [1.29, 1.82) is 0 Å². The van der Waals surface area contributed by atoms with Gasteiger partial charge in [-0.05, 0) is 29.8 Å². The molecule has 0 radical (unpaired) electrons. The van der Waals surface area contributed by atoms with Gasteiger partial charge < -0.3 is 0 Å². The molecule has 4 heteroatoms. The number of halogens is 4. The Morgan fingerprint density at radius 3 is 1.94 bits per heavy atom. The molecule has 0 saturated heterocycles. The van der Waals surface area contributed by atoms with Gasteiger partial charge in [-0.25, -0.2) is 8.78 Å². The first-order valence-electron chi connectivity index (χ1n) is 4.48. The fourth-order valence-electron chi connectivity index (χ4n) is 1.43. The molecule has 0 nitrogen and oxygen atoms in total. The molecule has 0 N–H and O–H groups in total. The van der Waals surface area contributed by atoms with Gasteiger partial charge in [-0.3, -0.25) is 0 Å². The minimum atomic E-state index is -0.660. The minimum absolute atomic E-state index is 0.0517. The van der Waals surface area contributed by atoms with Crippen LogP contribution in [0.2, 0.25) is 5.02 Å². The van der Waals surface area contributed by atoms with E-state index in [0.717, 1.165) is 16.6 Å². The Labute approximate surface area is 105 Å². The summed E-state index contributed by atoms with van der Waals surface area (Å²) in [6.45, 7) is 0. The van der Waals surface area contributed by atoms with Crippen molar-refractivity contribution in [2.75, 3.05) is 0 Å². The maximum absolute atomic E-state index is 13.6. The number of benzene rings is 2. The van der Waals surface area contributed by atoms with E-state index >= 15 is 0 Å². The first kappa shape index (κ1) is 11.6. The van der Waals surface area contributed by atoms with Gasteiger partial charge in [0.15, 0.2) is 0 Å². The second-order valence-electron chi connectivity index (χ2n) is 3.25. The highest BCUT2D eigenvalue weighted by atomic mass is 79.9. The minimum Gasteiger partial charge on any atom is -0.206 e. The molecule has 2 aromatic carbocycles. The fraction of sp³-hybridized carbons (Fsp3) is 0. The summed E-state index contributed by atoms with van der Waals surface area (Å²) in [7, 11) is 0. The van der Waals surface area contributed by atoms with Crippen molar-refractivity contribution in [2.24, 2.45) is 0 Å². The number of rotatable bonds is 1. The molecule has 0 unspecified atom stereocenters. The van der Waals surface area contributed by atoms with Crippen molar-refractivity contribution in [1.82, 2.24) is 0 Å². The van der Waals surface area contributed by atoms with Crippen LogP contribution in [0.5, 0.6) is 0 Å². The van der Waals surface area contributed by atoms with E-state index in [0.29, 0.717) is 5.56 Å². The molecular formula is C12H6BrClF2. The van der Waals surface area contributed by atoms with Crippen LogP contribution in [-0.4, -0.2) is 0 Å². The molecule has 82 valence electrons. The van der Waals surface area contributed by atoms with Crippen molar-refractivity contribution in [3.8, 4) is 11.1 Å². The molecule has 0 saturated carbocycles. The average Bonchev–Trinajstić information content (AvgIpc) is 2.19. The summed E-state index contributed by atoms with van der Waals surface area (Å²) in [5.74, 6) is -1.32. The lowest BCUT2D eigenvalue weighted by Crippen LogP contribution is -1.90. The lowest BCUT2D eigenvalue weighted by Gasteiger charge is -2.05. The first-order valence-corrected chi connectivity index (χ1v) is 5.65. The Morgan fingerprint density at radius 2 is 1.44 bits per heavy atom. The Kier molecular flexibility index (Phi) is 3.26. The molecule has 0 spiro atoms. The largest absolute Gasteiger partial charge is 0.206 e. The maximum atomic E-state index is 13.6. The van der Waals surface area contributed by atoms with Crippen LogP contribution in [0.25, 0.3) is 11.1 Å². The van der Waals surface area contributed by atoms with E-state index in [9.17, 15) is 8.78 Å². The summed E-state index contributed by atoms with van der Waals surface area (Å²) < 4.78 is 28.0. The Hall–Kier alpha value is -0.930. The van der Waals surface area contributed by atoms with Gasteiger partial charge in [-0.15, -0.1) is 0 Å². The molecule has 0 heterocycles. The molecule has 16 heavy (non-hydrogen) atoms. The average molecular weight is 304 g/mol. The van der Waals surface area contributed by atoms with Crippen molar-refractivity contribution >= 4 is 27.5 Å². The zero-order valence-corrected chi connectivity index (χ0v) is 10.3. The van der Waals surface area contributed by atoms with E-state index < -0.39 is 11.6 Å². The third kappa shape index (κ3) is 2.25. The molecule has 0 aliphatic rings. The second kappa shape index (κ2) is 4.52. The first-order chi connectivity index (χ1) is 7.58.